The van der Waals surface area contributed by atoms with Gasteiger partial charge in [0.2, 0.25) is 5.79 Å². The van der Waals surface area contributed by atoms with Crippen LogP contribution in [0.1, 0.15) is 5.76 Å². The Morgan fingerprint density at radius 2 is 1.32 bits per heavy atom. The molecule has 17 heteroatoms. The molecule has 3 fully saturated rings. The molecule has 230 valence electrons. The zero-order valence-electron chi connectivity index (χ0n) is 21.0. The van der Waals surface area contributed by atoms with Gasteiger partial charge >= 0.3 is 0 Å². The van der Waals surface area contributed by atoms with Gasteiger partial charge < -0.3 is 84.3 Å². The molecule has 1 aromatic rings. The Bertz CT molecular complexity index is 913. The van der Waals surface area contributed by atoms with Gasteiger partial charge in [0.05, 0.1) is 32.5 Å². The highest BCUT2D eigenvalue weighted by atomic mass is 16.8. The number of hydrogen-bond acceptors (Lipinski definition) is 17. The maximum atomic E-state index is 11.0. The van der Waals surface area contributed by atoms with Crippen LogP contribution in [-0.4, -0.2) is 168 Å². The summed E-state index contributed by atoms with van der Waals surface area (Å²) < 4.78 is 33.0. The van der Waals surface area contributed by atoms with Crippen molar-refractivity contribution in [3.05, 3.63) is 24.2 Å². The van der Waals surface area contributed by atoms with E-state index in [-0.39, 0.29) is 5.76 Å². The molecule has 1 aromatic heterocycles. The van der Waals surface area contributed by atoms with E-state index in [1.807, 2.05) is 0 Å². The Morgan fingerprint density at radius 3 is 1.93 bits per heavy atom. The highest BCUT2D eigenvalue weighted by Gasteiger charge is 2.59. The minimum Gasteiger partial charge on any atom is -0.469 e. The van der Waals surface area contributed by atoms with Gasteiger partial charge in [-0.25, -0.2) is 0 Å². The Morgan fingerprint density at radius 1 is 0.700 bits per heavy atom. The van der Waals surface area contributed by atoms with Crippen molar-refractivity contribution in [3.8, 4) is 0 Å². The standard InChI is InChI=1S/C23H36O17/c24-5-9-12(27)15(30)20(33)23(39-9,4-8-2-1-3-35-8)40-19-11(7-26)37-22(17(32)14(19)29)38-18-10(6-25)36-21(34)16(31)13(18)28/h1-3,9-22,24-34H,4-7H2/t9-,10-,11-,12-,13-,14-,15+,16-,17-,18-,19-,20-,21+,22?,23?/m1/s1. The molecule has 17 nitrogen and oxygen atoms in total. The number of ether oxygens (including phenoxy) is 5. The summed E-state index contributed by atoms with van der Waals surface area (Å²) in [5, 5.41) is 113. The van der Waals surface area contributed by atoms with Crippen LogP contribution in [0.2, 0.25) is 0 Å². The normalized spacial score (nSPS) is 48.3. The predicted molar refractivity (Wildman–Crippen MR) is 123 cm³/mol. The fourth-order valence-electron chi connectivity index (χ4n) is 5.08. The molecule has 3 aliphatic rings. The summed E-state index contributed by atoms with van der Waals surface area (Å²) in [5.74, 6) is -2.15. The summed E-state index contributed by atoms with van der Waals surface area (Å²) in [5.41, 5.74) is 0. The fourth-order valence-corrected chi connectivity index (χ4v) is 5.08. The molecular weight excluding hydrogens is 548 g/mol. The molecule has 0 aromatic carbocycles. The molecule has 4 heterocycles. The fraction of sp³-hybridized carbons (Fsp3) is 0.826. The second-order valence-electron chi connectivity index (χ2n) is 9.95. The average molecular weight is 585 g/mol. The smallest absolute Gasteiger partial charge is 0.205 e. The van der Waals surface area contributed by atoms with Crippen LogP contribution < -0.4 is 0 Å². The van der Waals surface area contributed by atoms with Crippen molar-refractivity contribution in [2.24, 2.45) is 0 Å². The van der Waals surface area contributed by atoms with Crippen LogP contribution in [-0.2, 0) is 30.1 Å². The van der Waals surface area contributed by atoms with Crippen LogP contribution in [0.15, 0.2) is 22.8 Å². The van der Waals surface area contributed by atoms with Gasteiger partial charge in [-0.2, -0.15) is 0 Å². The van der Waals surface area contributed by atoms with Crippen molar-refractivity contribution >= 4 is 0 Å². The van der Waals surface area contributed by atoms with Gasteiger partial charge in [-0.3, -0.25) is 0 Å². The third-order valence-electron chi connectivity index (χ3n) is 7.32. The van der Waals surface area contributed by atoms with E-state index in [4.69, 9.17) is 28.1 Å². The molecular formula is C23H36O17. The van der Waals surface area contributed by atoms with Crippen LogP contribution in [0.25, 0.3) is 0 Å². The first-order valence-electron chi connectivity index (χ1n) is 12.6. The molecule has 0 bridgehead atoms. The first kappa shape index (κ1) is 31.6. The third kappa shape index (κ3) is 5.92. The Kier molecular flexibility index (Phi) is 10.2. The van der Waals surface area contributed by atoms with Gasteiger partial charge in [0, 0.05) is 0 Å². The second-order valence-corrected chi connectivity index (χ2v) is 9.95. The SMILES string of the molecule is OC[C@H]1OC(Cc2ccco2)(O[C@H]2[C@H](O)[C@@H](O)C(O[C@H]3[C@H](O)[C@@H](O)[C@@H](O)O[C@@H]3CO)O[C@@H]2CO)[C@H](O)[C@@H](O)[C@@H]1O. The van der Waals surface area contributed by atoms with Crippen LogP contribution in [0.5, 0.6) is 0 Å². The Labute approximate surface area is 226 Å². The molecule has 2 unspecified atom stereocenters. The van der Waals surface area contributed by atoms with E-state index in [0.29, 0.717) is 0 Å². The molecule has 4 rings (SSSR count). The maximum absolute atomic E-state index is 11.0. The summed E-state index contributed by atoms with van der Waals surface area (Å²) in [7, 11) is 0. The van der Waals surface area contributed by atoms with Crippen LogP contribution in [0, 0.1) is 0 Å². The number of furan rings is 1. The lowest BCUT2D eigenvalue weighted by molar-refractivity contribution is -0.410. The third-order valence-corrected chi connectivity index (χ3v) is 7.32. The molecule has 0 aliphatic carbocycles. The highest BCUT2D eigenvalue weighted by molar-refractivity contribution is 5.08. The largest absolute Gasteiger partial charge is 0.469 e. The molecule has 11 N–H and O–H groups in total. The van der Waals surface area contributed by atoms with Gasteiger partial charge in [0.15, 0.2) is 12.6 Å². The van der Waals surface area contributed by atoms with E-state index in [0.717, 1.165) is 0 Å². The topological polar surface area (TPSA) is 282 Å². The molecule has 40 heavy (non-hydrogen) atoms. The van der Waals surface area contributed by atoms with E-state index < -0.39 is 118 Å². The first-order chi connectivity index (χ1) is 19.0. The van der Waals surface area contributed by atoms with Gasteiger partial charge in [-0.15, -0.1) is 0 Å². The molecule has 0 spiro atoms. The molecule has 3 aliphatic heterocycles. The van der Waals surface area contributed by atoms with Crippen molar-refractivity contribution in [3.63, 3.8) is 0 Å². The van der Waals surface area contributed by atoms with Crippen molar-refractivity contribution < 1.29 is 84.3 Å². The van der Waals surface area contributed by atoms with E-state index in [1.165, 1.54) is 18.4 Å². The summed E-state index contributed by atoms with van der Waals surface area (Å²) in [6, 6.07) is 2.98. The van der Waals surface area contributed by atoms with E-state index in [2.05, 4.69) is 0 Å². The van der Waals surface area contributed by atoms with Crippen LogP contribution in [0.4, 0.5) is 0 Å². The minimum atomic E-state index is -2.31. The summed E-state index contributed by atoms with van der Waals surface area (Å²) in [4.78, 5) is 0. The monoisotopic (exact) mass is 584 g/mol. The van der Waals surface area contributed by atoms with Crippen LogP contribution >= 0.6 is 0 Å². The van der Waals surface area contributed by atoms with Gasteiger partial charge in [-0.1, -0.05) is 0 Å². The van der Waals surface area contributed by atoms with Crippen LogP contribution in [0.3, 0.4) is 0 Å². The lowest BCUT2D eigenvalue weighted by Gasteiger charge is -2.52. The lowest BCUT2D eigenvalue weighted by atomic mass is 9.89. The number of aliphatic hydroxyl groups excluding tert-OH is 11. The Hall–Kier alpha value is -1.36. The van der Waals surface area contributed by atoms with Crippen molar-refractivity contribution in [2.75, 3.05) is 19.8 Å². The molecule has 0 amide bonds. The first-order valence-corrected chi connectivity index (χ1v) is 12.6. The average Bonchev–Trinajstić information content (AvgIpc) is 3.46. The summed E-state index contributed by atoms with van der Waals surface area (Å²) in [6.45, 7) is -2.46. The van der Waals surface area contributed by atoms with E-state index in [1.54, 1.807) is 0 Å². The van der Waals surface area contributed by atoms with E-state index in [9.17, 15) is 56.2 Å². The quantitative estimate of drug-likeness (QED) is 0.129. The number of aliphatic hydroxyl groups is 11. The second kappa shape index (κ2) is 12.9. The summed E-state index contributed by atoms with van der Waals surface area (Å²) in [6.07, 6.45) is -23.6. The number of rotatable bonds is 9. The lowest BCUT2D eigenvalue weighted by Crippen LogP contribution is -2.71. The molecule has 0 radical (unpaired) electrons. The summed E-state index contributed by atoms with van der Waals surface area (Å²) >= 11 is 0. The van der Waals surface area contributed by atoms with E-state index >= 15 is 0 Å². The molecule has 3 saturated heterocycles. The van der Waals surface area contributed by atoms with Crippen molar-refractivity contribution in [1.29, 1.82) is 0 Å². The Balaban J connectivity index is 1.58. The van der Waals surface area contributed by atoms with Crippen molar-refractivity contribution in [1.82, 2.24) is 0 Å². The highest BCUT2D eigenvalue weighted by Crippen LogP contribution is 2.39. The van der Waals surface area contributed by atoms with Crippen molar-refractivity contribution in [2.45, 2.75) is 98.0 Å². The minimum absolute atomic E-state index is 0.162. The van der Waals surface area contributed by atoms with Gasteiger partial charge in [0.1, 0.15) is 79.0 Å². The zero-order valence-corrected chi connectivity index (χ0v) is 21.0. The number of hydrogen-bond donors (Lipinski definition) is 11. The van der Waals surface area contributed by atoms with Gasteiger partial charge in [-0.05, 0) is 12.1 Å². The maximum Gasteiger partial charge on any atom is 0.205 e. The molecule has 0 saturated carbocycles. The zero-order chi connectivity index (χ0) is 29.4. The molecule has 15 atom stereocenters. The predicted octanol–water partition coefficient (Wildman–Crippen LogP) is -6.37. The van der Waals surface area contributed by atoms with Gasteiger partial charge in [0.25, 0.3) is 0 Å².